The van der Waals surface area contributed by atoms with E-state index in [1.165, 1.54) is 17.9 Å². The van der Waals surface area contributed by atoms with Crippen molar-refractivity contribution in [3.8, 4) is 0 Å². The number of hydrogen-bond acceptors (Lipinski definition) is 5. The Morgan fingerprint density at radius 2 is 2.00 bits per heavy atom. The Hall–Kier alpha value is -2.71. The van der Waals surface area contributed by atoms with E-state index in [9.17, 15) is 9.59 Å². The normalized spacial score (nSPS) is 10.6. The van der Waals surface area contributed by atoms with Gasteiger partial charge in [-0.3, -0.25) is 14.3 Å². The minimum atomic E-state index is -0.233. The molecule has 2 N–H and O–H groups in total. The van der Waals surface area contributed by atoms with Crippen LogP contribution in [0.1, 0.15) is 23.9 Å². The van der Waals surface area contributed by atoms with Gasteiger partial charge in [0.05, 0.1) is 11.9 Å². The maximum atomic E-state index is 11.9. The molecule has 23 heavy (non-hydrogen) atoms. The highest BCUT2D eigenvalue weighted by atomic mass is 16.2. The molecule has 0 aromatic carbocycles. The molecule has 0 unspecified atom stereocenters. The zero-order valence-corrected chi connectivity index (χ0v) is 13.8. The number of nitrogens with zero attached hydrogens (tertiary/aromatic N) is 5. The van der Waals surface area contributed by atoms with Crippen molar-refractivity contribution in [2.24, 2.45) is 7.05 Å². The first kappa shape index (κ1) is 16.7. The molecular formula is C14H21N7O2. The summed E-state index contributed by atoms with van der Waals surface area (Å²) in [4.78, 5) is 24.0. The number of amides is 2. The molecule has 2 amide bonds. The lowest BCUT2D eigenvalue weighted by Gasteiger charge is -2.05. The monoisotopic (exact) mass is 319 g/mol. The minimum Gasteiger partial charge on any atom is -0.354 e. The van der Waals surface area contributed by atoms with Crippen molar-refractivity contribution >= 4 is 17.6 Å². The van der Waals surface area contributed by atoms with Crippen molar-refractivity contribution in [1.82, 2.24) is 30.1 Å². The zero-order chi connectivity index (χ0) is 17.0. The summed E-state index contributed by atoms with van der Waals surface area (Å²) in [6.07, 6.45) is 2.12. The van der Waals surface area contributed by atoms with Gasteiger partial charge >= 0.3 is 0 Å². The van der Waals surface area contributed by atoms with Gasteiger partial charge in [0.15, 0.2) is 5.82 Å². The Morgan fingerprint density at radius 1 is 1.26 bits per heavy atom. The third-order valence-corrected chi connectivity index (χ3v) is 3.48. The highest BCUT2D eigenvalue weighted by molar-refractivity contribution is 5.87. The molecule has 0 aliphatic heterocycles. The molecule has 0 saturated heterocycles. The van der Waals surface area contributed by atoms with Crippen molar-refractivity contribution in [2.45, 2.75) is 33.7 Å². The summed E-state index contributed by atoms with van der Waals surface area (Å²) in [5.41, 5.74) is 3.23. The molecule has 0 fully saturated rings. The van der Waals surface area contributed by atoms with Crippen LogP contribution in [-0.4, -0.2) is 43.1 Å². The quantitative estimate of drug-likeness (QED) is 0.776. The summed E-state index contributed by atoms with van der Waals surface area (Å²) in [6, 6.07) is 0. The van der Waals surface area contributed by atoms with Gasteiger partial charge in [-0.25, -0.2) is 0 Å². The predicted octanol–water partition coefficient (Wildman–Crippen LogP) is -0.0543. The molecule has 9 heteroatoms. The van der Waals surface area contributed by atoms with E-state index in [0.29, 0.717) is 12.4 Å². The van der Waals surface area contributed by atoms with Crippen LogP contribution in [0.5, 0.6) is 0 Å². The lowest BCUT2D eigenvalue weighted by Crippen LogP contribution is -2.30. The van der Waals surface area contributed by atoms with E-state index in [-0.39, 0.29) is 18.4 Å². The van der Waals surface area contributed by atoms with Crippen LogP contribution in [0.2, 0.25) is 0 Å². The summed E-state index contributed by atoms with van der Waals surface area (Å²) in [5.74, 6) is -0.0928. The van der Waals surface area contributed by atoms with Gasteiger partial charge in [-0.05, 0) is 25.8 Å². The van der Waals surface area contributed by atoms with Crippen molar-refractivity contribution in [3.05, 3.63) is 23.1 Å². The van der Waals surface area contributed by atoms with Gasteiger partial charge in [0.25, 0.3) is 0 Å². The van der Waals surface area contributed by atoms with Crippen LogP contribution in [0.3, 0.4) is 0 Å². The first-order valence-corrected chi connectivity index (χ1v) is 7.30. The van der Waals surface area contributed by atoms with E-state index in [2.05, 4.69) is 25.9 Å². The number of aromatic nitrogens is 5. The molecule has 2 heterocycles. The van der Waals surface area contributed by atoms with E-state index in [0.717, 1.165) is 23.4 Å². The van der Waals surface area contributed by atoms with Gasteiger partial charge in [-0.2, -0.15) is 15.0 Å². The Labute approximate surface area is 134 Å². The molecule has 0 radical (unpaired) electrons. The molecule has 2 aromatic rings. The first-order valence-electron chi connectivity index (χ1n) is 7.30. The standard InChI is InChI=1S/C14H21N7O2/c1-9-12(10(2)20(4)18-9)5-6-15-14(23)8-21-16-7-13(19-21)17-11(3)22/h7H,5-6,8H2,1-4H3,(H,15,23)(H,17,19,22). The fourth-order valence-electron chi connectivity index (χ4n) is 2.30. The number of carbonyl (C=O) groups is 2. The fourth-order valence-corrected chi connectivity index (χ4v) is 2.30. The van der Waals surface area contributed by atoms with Crippen LogP contribution < -0.4 is 10.6 Å². The number of carbonyl (C=O) groups excluding carboxylic acids is 2. The molecule has 0 spiro atoms. The van der Waals surface area contributed by atoms with Crippen LogP contribution >= 0.6 is 0 Å². The van der Waals surface area contributed by atoms with Gasteiger partial charge in [0.2, 0.25) is 11.8 Å². The third kappa shape index (κ3) is 4.38. The average molecular weight is 319 g/mol. The van der Waals surface area contributed by atoms with Crippen LogP contribution in [0.15, 0.2) is 6.20 Å². The third-order valence-electron chi connectivity index (χ3n) is 3.48. The van der Waals surface area contributed by atoms with E-state index < -0.39 is 0 Å². The predicted molar refractivity (Wildman–Crippen MR) is 83.7 cm³/mol. The molecule has 9 nitrogen and oxygen atoms in total. The number of aryl methyl sites for hydroxylation is 2. The van der Waals surface area contributed by atoms with Crippen LogP contribution in [0, 0.1) is 13.8 Å². The highest BCUT2D eigenvalue weighted by Crippen LogP contribution is 2.11. The Bertz CT molecular complexity index is 717. The zero-order valence-electron chi connectivity index (χ0n) is 13.8. The number of nitrogens with one attached hydrogen (secondary N) is 2. The Morgan fingerprint density at radius 3 is 2.61 bits per heavy atom. The smallest absolute Gasteiger partial charge is 0.243 e. The molecule has 0 saturated carbocycles. The van der Waals surface area contributed by atoms with Gasteiger partial charge in [-0.1, -0.05) is 0 Å². The van der Waals surface area contributed by atoms with Gasteiger partial charge in [-0.15, -0.1) is 5.10 Å². The average Bonchev–Trinajstić information content (AvgIpc) is 2.97. The molecule has 0 bridgehead atoms. The number of anilines is 1. The molecule has 0 aliphatic rings. The lowest BCUT2D eigenvalue weighted by molar-refractivity contribution is -0.122. The summed E-state index contributed by atoms with van der Waals surface area (Å²) >= 11 is 0. The summed E-state index contributed by atoms with van der Waals surface area (Å²) in [5, 5.41) is 17.6. The van der Waals surface area contributed by atoms with Gasteiger partial charge < -0.3 is 10.6 Å². The van der Waals surface area contributed by atoms with E-state index >= 15 is 0 Å². The van der Waals surface area contributed by atoms with Crippen LogP contribution in [-0.2, 0) is 29.6 Å². The maximum absolute atomic E-state index is 11.9. The maximum Gasteiger partial charge on any atom is 0.243 e. The number of rotatable bonds is 6. The first-order chi connectivity index (χ1) is 10.9. The fraction of sp³-hybridized carbons (Fsp3) is 0.500. The molecule has 2 rings (SSSR count). The summed E-state index contributed by atoms with van der Waals surface area (Å²) in [7, 11) is 1.90. The van der Waals surface area contributed by atoms with Gasteiger partial charge in [0, 0.05) is 26.2 Å². The minimum absolute atomic E-state index is 0.00455. The molecular weight excluding hydrogens is 298 g/mol. The summed E-state index contributed by atoms with van der Waals surface area (Å²) in [6.45, 7) is 5.88. The van der Waals surface area contributed by atoms with Crippen molar-refractivity contribution in [3.63, 3.8) is 0 Å². The second-order valence-corrected chi connectivity index (χ2v) is 5.31. The highest BCUT2D eigenvalue weighted by Gasteiger charge is 2.10. The second-order valence-electron chi connectivity index (χ2n) is 5.31. The van der Waals surface area contributed by atoms with E-state index in [1.807, 2.05) is 25.6 Å². The SMILES string of the molecule is CC(=O)Nc1cnn(CC(=O)NCCc2c(C)nn(C)c2C)n1. The molecule has 124 valence electrons. The van der Waals surface area contributed by atoms with Crippen molar-refractivity contribution in [1.29, 1.82) is 0 Å². The van der Waals surface area contributed by atoms with Crippen LogP contribution in [0.25, 0.3) is 0 Å². The Kier molecular flexibility index (Phi) is 5.09. The van der Waals surface area contributed by atoms with Crippen LogP contribution in [0.4, 0.5) is 5.82 Å². The lowest BCUT2D eigenvalue weighted by atomic mass is 10.1. The largest absolute Gasteiger partial charge is 0.354 e. The number of hydrogen-bond donors (Lipinski definition) is 2. The molecule has 2 aromatic heterocycles. The molecule has 0 aliphatic carbocycles. The summed E-state index contributed by atoms with van der Waals surface area (Å²) < 4.78 is 1.84. The second kappa shape index (κ2) is 7.03. The molecule has 0 atom stereocenters. The topological polar surface area (TPSA) is 107 Å². The van der Waals surface area contributed by atoms with Crippen molar-refractivity contribution < 1.29 is 9.59 Å². The van der Waals surface area contributed by atoms with Crippen molar-refractivity contribution in [2.75, 3.05) is 11.9 Å². The van der Waals surface area contributed by atoms with Gasteiger partial charge in [0.1, 0.15) is 6.54 Å². The van der Waals surface area contributed by atoms with E-state index in [4.69, 9.17) is 0 Å². The van der Waals surface area contributed by atoms with E-state index in [1.54, 1.807) is 0 Å². The Balaban J connectivity index is 1.81.